The van der Waals surface area contributed by atoms with Crippen LogP contribution in [0.3, 0.4) is 0 Å². The van der Waals surface area contributed by atoms with Crippen molar-refractivity contribution in [1.29, 1.82) is 0 Å². The minimum absolute atomic E-state index is 0.155. The Bertz CT molecular complexity index is 136. The molecule has 0 spiro atoms. The minimum Gasteiger partial charge on any atom is -0.445 e. The summed E-state index contributed by atoms with van der Waals surface area (Å²) in [6.07, 6.45) is 0.465. The summed E-state index contributed by atoms with van der Waals surface area (Å²) in [4.78, 5) is 10.6. The van der Waals surface area contributed by atoms with Gasteiger partial charge in [-0.15, -0.1) is 0 Å². The quantitative estimate of drug-likeness (QED) is 0.467. The van der Waals surface area contributed by atoms with Crippen LogP contribution in [0.5, 0.6) is 0 Å². The van der Waals surface area contributed by atoms with Crippen molar-refractivity contribution in [2.75, 3.05) is 6.61 Å². The number of nitrogens with one attached hydrogen (secondary N) is 1. The van der Waals surface area contributed by atoms with E-state index in [1.165, 1.54) is 6.08 Å². The first-order valence-corrected chi connectivity index (χ1v) is 3.43. The molecule has 0 aliphatic heterocycles. The standard InChI is InChI=1S/C7H13NO3/c1-3-5-11-7(10)8-6(9)4-2/h3,6,9H,1,4-5H2,2H3,(H,8,10). The predicted octanol–water partition coefficient (Wildman–Crippen LogP) is 0.627. The fourth-order valence-electron chi connectivity index (χ4n) is 0.414. The van der Waals surface area contributed by atoms with E-state index in [9.17, 15) is 4.79 Å². The summed E-state index contributed by atoms with van der Waals surface area (Å²) < 4.78 is 4.54. The van der Waals surface area contributed by atoms with Crippen LogP contribution < -0.4 is 5.32 Å². The number of alkyl carbamates (subject to hydrolysis) is 1. The van der Waals surface area contributed by atoms with E-state index in [2.05, 4.69) is 16.6 Å². The smallest absolute Gasteiger partial charge is 0.409 e. The van der Waals surface area contributed by atoms with Gasteiger partial charge in [-0.25, -0.2) is 4.79 Å². The molecule has 0 heterocycles. The molecule has 0 bridgehead atoms. The molecule has 11 heavy (non-hydrogen) atoms. The first-order valence-electron chi connectivity index (χ1n) is 3.43. The maximum Gasteiger partial charge on any atom is 0.409 e. The van der Waals surface area contributed by atoms with Crippen LogP contribution in [0, 0.1) is 0 Å². The van der Waals surface area contributed by atoms with E-state index in [1.54, 1.807) is 6.92 Å². The fourth-order valence-corrected chi connectivity index (χ4v) is 0.414. The molecule has 0 fully saturated rings. The number of aliphatic hydroxyl groups excluding tert-OH is 1. The van der Waals surface area contributed by atoms with Gasteiger partial charge in [0.05, 0.1) is 0 Å². The van der Waals surface area contributed by atoms with Gasteiger partial charge in [-0.2, -0.15) is 0 Å². The van der Waals surface area contributed by atoms with Crippen LogP contribution in [0.25, 0.3) is 0 Å². The third-order valence-corrected chi connectivity index (χ3v) is 1.00. The summed E-state index contributed by atoms with van der Waals surface area (Å²) in [5.41, 5.74) is 0. The highest BCUT2D eigenvalue weighted by molar-refractivity contribution is 5.67. The SMILES string of the molecule is C=CCOC(=O)NC(O)CC. The number of hydrogen-bond donors (Lipinski definition) is 2. The Morgan fingerprint density at radius 3 is 3.00 bits per heavy atom. The lowest BCUT2D eigenvalue weighted by molar-refractivity contribution is 0.103. The van der Waals surface area contributed by atoms with Crippen LogP contribution in [0.2, 0.25) is 0 Å². The zero-order valence-corrected chi connectivity index (χ0v) is 6.54. The van der Waals surface area contributed by atoms with Crippen LogP contribution in [-0.2, 0) is 4.74 Å². The van der Waals surface area contributed by atoms with Gasteiger partial charge in [0.15, 0.2) is 0 Å². The van der Waals surface area contributed by atoms with Crippen molar-refractivity contribution in [3.8, 4) is 0 Å². The summed E-state index contributed by atoms with van der Waals surface area (Å²) in [5, 5.41) is 11.1. The van der Waals surface area contributed by atoms with Crippen LogP contribution in [0.4, 0.5) is 4.79 Å². The first kappa shape index (κ1) is 9.97. The molecule has 0 rings (SSSR count). The van der Waals surface area contributed by atoms with Gasteiger partial charge in [-0.3, -0.25) is 5.32 Å². The van der Waals surface area contributed by atoms with Crippen molar-refractivity contribution in [3.63, 3.8) is 0 Å². The third kappa shape index (κ3) is 5.42. The summed E-state index contributed by atoms with van der Waals surface area (Å²) in [6.45, 7) is 5.27. The minimum atomic E-state index is -0.827. The fraction of sp³-hybridized carbons (Fsp3) is 0.571. The second-order valence-electron chi connectivity index (χ2n) is 1.96. The van der Waals surface area contributed by atoms with Crippen molar-refractivity contribution in [3.05, 3.63) is 12.7 Å². The highest BCUT2D eigenvalue weighted by Gasteiger charge is 2.05. The van der Waals surface area contributed by atoms with Crippen molar-refractivity contribution in [2.24, 2.45) is 0 Å². The second-order valence-corrected chi connectivity index (χ2v) is 1.96. The molecule has 0 aromatic rings. The number of amides is 1. The highest BCUT2D eigenvalue weighted by Crippen LogP contribution is 1.85. The van der Waals surface area contributed by atoms with Crippen molar-refractivity contribution in [1.82, 2.24) is 5.32 Å². The summed E-state index contributed by atoms with van der Waals surface area (Å²) in [5.74, 6) is 0. The molecular formula is C7H13NO3. The molecule has 0 radical (unpaired) electrons. The molecule has 0 aliphatic carbocycles. The average Bonchev–Trinajstić information content (AvgIpc) is 2.00. The first-order chi connectivity index (χ1) is 5.20. The topological polar surface area (TPSA) is 58.6 Å². The maximum atomic E-state index is 10.6. The van der Waals surface area contributed by atoms with E-state index < -0.39 is 12.3 Å². The lowest BCUT2D eigenvalue weighted by Crippen LogP contribution is -2.34. The Labute approximate surface area is 65.9 Å². The van der Waals surface area contributed by atoms with Crippen LogP contribution >= 0.6 is 0 Å². The van der Waals surface area contributed by atoms with Crippen LogP contribution in [-0.4, -0.2) is 24.0 Å². The number of aliphatic hydroxyl groups is 1. The Hall–Kier alpha value is -1.03. The molecule has 4 nitrogen and oxygen atoms in total. The summed E-state index contributed by atoms with van der Waals surface area (Å²) >= 11 is 0. The van der Waals surface area contributed by atoms with Crippen molar-refractivity contribution in [2.45, 2.75) is 19.6 Å². The van der Waals surface area contributed by atoms with Gasteiger partial charge in [0.1, 0.15) is 12.8 Å². The Kier molecular flexibility index (Phi) is 5.20. The van der Waals surface area contributed by atoms with E-state index in [4.69, 9.17) is 5.11 Å². The van der Waals surface area contributed by atoms with E-state index in [1.807, 2.05) is 0 Å². The zero-order valence-electron chi connectivity index (χ0n) is 6.54. The average molecular weight is 159 g/mol. The van der Waals surface area contributed by atoms with Crippen molar-refractivity contribution < 1.29 is 14.6 Å². The molecule has 0 saturated carbocycles. The van der Waals surface area contributed by atoms with Gasteiger partial charge in [0, 0.05) is 0 Å². The number of carbonyl (C=O) groups excluding carboxylic acids is 1. The number of hydrogen-bond acceptors (Lipinski definition) is 3. The van der Waals surface area contributed by atoms with Gasteiger partial charge < -0.3 is 9.84 Å². The Morgan fingerprint density at radius 1 is 1.91 bits per heavy atom. The number of carbonyl (C=O) groups is 1. The normalized spacial score (nSPS) is 11.8. The monoisotopic (exact) mass is 159 g/mol. The number of ether oxygens (including phenoxy) is 1. The van der Waals surface area contributed by atoms with Gasteiger partial charge in [0.2, 0.25) is 0 Å². The van der Waals surface area contributed by atoms with E-state index in [0.29, 0.717) is 6.42 Å². The molecule has 1 amide bonds. The number of rotatable bonds is 4. The largest absolute Gasteiger partial charge is 0.445 e. The Morgan fingerprint density at radius 2 is 2.55 bits per heavy atom. The van der Waals surface area contributed by atoms with E-state index >= 15 is 0 Å². The van der Waals surface area contributed by atoms with Crippen LogP contribution in [0.15, 0.2) is 12.7 Å². The van der Waals surface area contributed by atoms with Crippen molar-refractivity contribution >= 4 is 6.09 Å². The molecule has 1 unspecified atom stereocenters. The molecule has 1 atom stereocenters. The predicted molar refractivity (Wildman–Crippen MR) is 41.0 cm³/mol. The molecule has 0 aromatic carbocycles. The molecule has 0 aliphatic rings. The van der Waals surface area contributed by atoms with E-state index in [-0.39, 0.29) is 6.61 Å². The highest BCUT2D eigenvalue weighted by atomic mass is 16.5. The molecule has 64 valence electrons. The summed E-state index contributed by atoms with van der Waals surface area (Å²) in [6, 6.07) is 0. The molecule has 0 aromatic heterocycles. The molecule has 4 heteroatoms. The molecule has 0 saturated heterocycles. The van der Waals surface area contributed by atoms with Crippen LogP contribution in [0.1, 0.15) is 13.3 Å². The maximum absolute atomic E-state index is 10.6. The van der Waals surface area contributed by atoms with Gasteiger partial charge >= 0.3 is 6.09 Å². The van der Waals surface area contributed by atoms with E-state index in [0.717, 1.165) is 0 Å². The lowest BCUT2D eigenvalue weighted by atomic mass is 10.4. The zero-order chi connectivity index (χ0) is 8.69. The summed E-state index contributed by atoms with van der Waals surface area (Å²) in [7, 11) is 0. The lowest BCUT2D eigenvalue weighted by Gasteiger charge is -2.09. The van der Waals surface area contributed by atoms with Gasteiger partial charge in [-0.1, -0.05) is 19.6 Å². The third-order valence-electron chi connectivity index (χ3n) is 1.00. The van der Waals surface area contributed by atoms with Gasteiger partial charge in [0.25, 0.3) is 0 Å². The Balaban J connectivity index is 3.43. The van der Waals surface area contributed by atoms with Gasteiger partial charge in [-0.05, 0) is 6.42 Å². The molecule has 2 N–H and O–H groups in total. The second kappa shape index (κ2) is 5.73. The molecular weight excluding hydrogens is 146 g/mol.